The minimum atomic E-state index is -0.120. The number of alkyl halides is 1. The molecule has 0 radical (unpaired) electrons. The predicted molar refractivity (Wildman–Crippen MR) is 73.1 cm³/mol. The molecule has 0 bridgehead atoms. The van der Waals surface area contributed by atoms with Crippen LogP contribution < -0.4 is 5.32 Å². The maximum absolute atomic E-state index is 11.9. The van der Waals surface area contributed by atoms with Crippen LogP contribution in [-0.2, 0) is 4.74 Å². The molecule has 1 rings (SSSR count). The van der Waals surface area contributed by atoms with E-state index in [4.69, 9.17) is 16.3 Å². The van der Waals surface area contributed by atoms with E-state index < -0.39 is 0 Å². The molecule has 0 aliphatic heterocycles. The molecule has 3 nitrogen and oxygen atoms in total. The van der Waals surface area contributed by atoms with E-state index in [0.717, 1.165) is 5.56 Å². The third-order valence-corrected chi connectivity index (χ3v) is 3.10. The number of halogens is 2. The van der Waals surface area contributed by atoms with Crippen LogP contribution in [0.3, 0.4) is 0 Å². The molecule has 5 heteroatoms. The van der Waals surface area contributed by atoms with Gasteiger partial charge >= 0.3 is 0 Å². The van der Waals surface area contributed by atoms with Crippen molar-refractivity contribution in [2.24, 2.45) is 0 Å². The highest BCUT2D eigenvalue weighted by atomic mass is 79.9. The molecule has 94 valence electrons. The van der Waals surface area contributed by atoms with Gasteiger partial charge in [-0.1, -0.05) is 33.6 Å². The summed E-state index contributed by atoms with van der Waals surface area (Å²) >= 11 is 9.27. The monoisotopic (exact) mass is 319 g/mol. The van der Waals surface area contributed by atoms with Gasteiger partial charge in [-0.05, 0) is 24.6 Å². The third kappa shape index (κ3) is 4.66. The Labute approximate surface area is 115 Å². The van der Waals surface area contributed by atoms with Gasteiger partial charge in [-0.25, -0.2) is 0 Å². The van der Waals surface area contributed by atoms with Crippen LogP contribution in [0.15, 0.2) is 18.2 Å². The molecule has 1 aromatic carbocycles. The standard InChI is InChI=1S/C12H15BrClNO2/c1-8-3-4-10(14)5-11(8)12(16)15-6-9(13)7-17-2/h3-5,9H,6-7H2,1-2H3,(H,15,16). The van der Waals surface area contributed by atoms with Crippen LogP contribution in [0.25, 0.3) is 0 Å². The van der Waals surface area contributed by atoms with Gasteiger partial charge in [0.05, 0.1) is 11.4 Å². The maximum atomic E-state index is 11.9. The Morgan fingerprint density at radius 1 is 1.59 bits per heavy atom. The summed E-state index contributed by atoms with van der Waals surface area (Å²) in [4.78, 5) is 12.0. The van der Waals surface area contributed by atoms with E-state index in [9.17, 15) is 4.79 Å². The molecular weight excluding hydrogens is 305 g/mol. The molecular formula is C12H15BrClNO2. The van der Waals surface area contributed by atoms with Crippen molar-refractivity contribution in [3.05, 3.63) is 34.3 Å². The minimum Gasteiger partial charge on any atom is -0.383 e. The summed E-state index contributed by atoms with van der Waals surface area (Å²) in [5.41, 5.74) is 1.51. The average Bonchev–Trinajstić information content (AvgIpc) is 2.29. The van der Waals surface area contributed by atoms with Gasteiger partial charge in [0.15, 0.2) is 0 Å². The second-order valence-corrected chi connectivity index (χ2v) is 5.45. The van der Waals surface area contributed by atoms with E-state index in [-0.39, 0.29) is 10.7 Å². The Balaban J connectivity index is 2.61. The number of methoxy groups -OCH3 is 1. The van der Waals surface area contributed by atoms with Crippen molar-refractivity contribution >= 4 is 33.4 Å². The number of amides is 1. The maximum Gasteiger partial charge on any atom is 0.251 e. The number of aryl methyl sites for hydroxylation is 1. The van der Waals surface area contributed by atoms with Crippen LogP contribution >= 0.6 is 27.5 Å². The molecule has 1 atom stereocenters. The van der Waals surface area contributed by atoms with Gasteiger partial charge in [0.25, 0.3) is 5.91 Å². The zero-order valence-electron chi connectivity index (χ0n) is 9.80. The van der Waals surface area contributed by atoms with E-state index >= 15 is 0 Å². The van der Waals surface area contributed by atoms with Crippen molar-refractivity contribution in [3.8, 4) is 0 Å². The van der Waals surface area contributed by atoms with Crippen LogP contribution in [-0.4, -0.2) is 31.0 Å². The number of ether oxygens (including phenoxy) is 1. The summed E-state index contributed by atoms with van der Waals surface area (Å²) in [5.74, 6) is -0.120. The fourth-order valence-electron chi connectivity index (χ4n) is 1.38. The van der Waals surface area contributed by atoms with Crippen molar-refractivity contribution in [2.45, 2.75) is 11.8 Å². The molecule has 17 heavy (non-hydrogen) atoms. The van der Waals surface area contributed by atoms with Gasteiger partial charge in [-0.15, -0.1) is 0 Å². The summed E-state index contributed by atoms with van der Waals surface area (Å²) < 4.78 is 4.97. The summed E-state index contributed by atoms with van der Waals surface area (Å²) in [5, 5.41) is 3.39. The third-order valence-electron chi connectivity index (χ3n) is 2.28. The number of hydrogen-bond donors (Lipinski definition) is 1. The van der Waals surface area contributed by atoms with Crippen molar-refractivity contribution in [1.29, 1.82) is 0 Å². The van der Waals surface area contributed by atoms with Crippen LogP contribution in [0, 0.1) is 6.92 Å². The largest absolute Gasteiger partial charge is 0.383 e. The quantitative estimate of drug-likeness (QED) is 0.847. The second kappa shape index (κ2) is 6.99. The first kappa shape index (κ1) is 14.5. The second-order valence-electron chi connectivity index (χ2n) is 3.72. The van der Waals surface area contributed by atoms with Crippen LogP contribution in [0.2, 0.25) is 5.02 Å². The SMILES string of the molecule is COCC(Br)CNC(=O)c1cc(Cl)ccc1C. The van der Waals surface area contributed by atoms with Gasteiger partial charge < -0.3 is 10.1 Å². The van der Waals surface area contributed by atoms with Crippen LogP contribution in [0.5, 0.6) is 0 Å². The number of benzene rings is 1. The Kier molecular flexibility index (Phi) is 5.95. The fourth-order valence-corrected chi connectivity index (χ4v) is 1.98. The predicted octanol–water partition coefficient (Wildman–Crippen LogP) is 2.79. The normalized spacial score (nSPS) is 12.2. The van der Waals surface area contributed by atoms with Gasteiger partial charge in [0, 0.05) is 24.2 Å². The van der Waals surface area contributed by atoms with E-state index in [1.54, 1.807) is 19.2 Å². The van der Waals surface area contributed by atoms with Crippen molar-refractivity contribution < 1.29 is 9.53 Å². The number of nitrogens with one attached hydrogen (secondary N) is 1. The first-order valence-electron chi connectivity index (χ1n) is 5.22. The smallest absolute Gasteiger partial charge is 0.251 e. The van der Waals surface area contributed by atoms with Gasteiger partial charge in [0.2, 0.25) is 0 Å². The molecule has 1 unspecified atom stereocenters. The molecule has 0 aromatic heterocycles. The minimum absolute atomic E-state index is 0.107. The van der Waals surface area contributed by atoms with Crippen molar-refractivity contribution in [1.82, 2.24) is 5.32 Å². The molecule has 0 saturated carbocycles. The topological polar surface area (TPSA) is 38.3 Å². The Bertz CT molecular complexity index is 398. The lowest BCUT2D eigenvalue weighted by Crippen LogP contribution is -2.31. The van der Waals surface area contributed by atoms with Crippen molar-refractivity contribution in [3.63, 3.8) is 0 Å². The lowest BCUT2D eigenvalue weighted by molar-refractivity contribution is 0.0949. The van der Waals surface area contributed by atoms with Crippen LogP contribution in [0.1, 0.15) is 15.9 Å². The summed E-state index contributed by atoms with van der Waals surface area (Å²) in [7, 11) is 1.62. The summed E-state index contributed by atoms with van der Waals surface area (Å²) in [6, 6.07) is 5.27. The highest BCUT2D eigenvalue weighted by Crippen LogP contribution is 2.15. The summed E-state index contributed by atoms with van der Waals surface area (Å²) in [6.45, 7) is 2.94. The Morgan fingerprint density at radius 2 is 2.29 bits per heavy atom. The lowest BCUT2D eigenvalue weighted by atomic mass is 10.1. The van der Waals surface area contributed by atoms with E-state index in [1.807, 2.05) is 13.0 Å². The van der Waals surface area contributed by atoms with Gasteiger partial charge in [0.1, 0.15) is 0 Å². The van der Waals surface area contributed by atoms with Crippen LogP contribution in [0.4, 0.5) is 0 Å². The highest BCUT2D eigenvalue weighted by molar-refractivity contribution is 9.09. The number of hydrogen-bond acceptors (Lipinski definition) is 2. The molecule has 0 aliphatic carbocycles. The van der Waals surface area contributed by atoms with E-state index in [2.05, 4.69) is 21.2 Å². The fraction of sp³-hybridized carbons (Fsp3) is 0.417. The average molecular weight is 321 g/mol. The zero-order chi connectivity index (χ0) is 12.8. The van der Waals surface area contributed by atoms with Crippen molar-refractivity contribution in [2.75, 3.05) is 20.3 Å². The summed E-state index contributed by atoms with van der Waals surface area (Å²) in [6.07, 6.45) is 0. The molecule has 1 aromatic rings. The lowest BCUT2D eigenvalue weighted by Gasteiger charge is -2.11. The van der Waals surface area contributed by atoms with E-state index in [0.29, 0.717) is 23.7 Å². The molecule has 0 heterocycles. The number of carbonyl (C=O) groups is 1. The first-order valence-corrected chi connectivity index (χ1v) is 6.51. The first-order chi connectivity index (χ1) is 8.04. The van der Waals surface area contributed by atoms with Gasteiger partial charge in [-0.3, -0.25) is 4.79 Å². The molecule has 1 N–H and O–H groups in total. The Morgan fingerprint density at radius 3 is 2.94 bits per heavy atom. The highest BCUT2D eigenvalue weighted by Gasteiger charge is 2.11. The Hall–Kier alpha value is -0.580. The van der Waals surface area contributed by atoms with Gasteiger partial charge in [-0.2, -0.15) is 0 Å². The molecule has 0 fully saturated rings. The zero-order valence-corrected chi connectivity index (χ0v) is 12.1. The number of carbonyl (C=O) groups excluding carboxylic acids is 1. The molecule has 0 saturated heterocycles. The number of rotatable bonds is 5. The molecule has 1 amide bonds. The molecule has 0 aliphatic rings. The molecule has 0 spiro atoms. The van der Waals surface area contributed by atoms with E-state index in [1.165, 1.54) is 0 Å².